The van der Waals surface area contributed by atoms with Crippen molar-refractivity contribution in [2.75, 3.05) is 14.2 Å². The molecule has 5 heteroatoms. The van der Waals surface area contributed by atoms with E-state index in [0.717, 1.165) is 46.1 Å². The van der Waals surface area contributed by atoms with Crippen LogP contribution in [0.4, 0.5) is 0 Å². The van der Waals surface area contributed by atoms with Crippen molar-refractivity contribution >= 4 is 5.71 Å². The van der Waals surface area contributed by atoms with Gasteiger partial charge in [0.05, 0.1) is 31.5 Å². The van der Waals surface area contributed by atoms with Crippen molar-refractivity contribution in [1.29, 1.82) is 0 Å². The average Bonchev–Trinajstić information content (AvgIpc) is 3.24. The van der Waals surface area contributed by atoms with Crippen LogP contribution >= 0.6 is 0 Å². The Morgan fingerprint density at radius 1 is 0.862 bits per heavy atom. The molecule has 2 aliphatic heterocycles. The van der Waals surface area contributed by atoms with Crippen molar-refractivity contribution in [3.05, 3.63) is 89.5 Å². The molecule has 3 aromatic rings. The van der Waals surface area contributed by atoms with E-state index in [9.17, 15) is 0 Å². The van der Waals surface area contributed by atoms with Crippen LogP contribution in [-0.2, 0) is 0 Å². The summed E-state index contributed by atoms with van der Waals surface area (Å²) in [5.74, 6) is 2.53. The van der Waals surface area contributed by atoms with Gasteiger partial charge in [-0.3, -0.25) is 0 Å². The van der Waals surface area contributed by atoms with E-state index in [0.29, 0.717) is 0 Å². The molecule has 0 amide bonds. The Morgan fingerprint density at radius 2 is 1.59 bits per heavy atom. The molecule has 0 aliphatic carbocycles. The number of benzene rings is 3. The lowest BCUT2D eigenvalue weighted by molar-refractivity contribution is -0.0203. The highest BCUT2D eigenvalue weighted by Crippen LogP contribution is 2.48. The minimum atomic E-state index is -0.346. The van der Waals surface area contributed by atoms with Crippen LogP contribution in [0.3, 0.4) is 0 Å². The fraction of sp³-hybridized carbons (Fsp3) is 0.208. The van der Waals surface area contributed by atoms with Crippen LogP contribution in [0.5, 0.6) is 17.2 Å². The Hall–Kier alpha value is -3.47. The van der Waals surface area contributed by atoms with Gasteiger partial charge >= 0.3 is 0 Å². The van der Waals surface area contributed by atoms with E-state index in [1.165, 1.54) is 0 Å². The summed E-state index contributed by atoms with van der Waals surface area (Å²) in [6, 6.07) is 24.3. The number of methoxy groups -OCH3 is 2. The van der Waals surface area contributed by atoms with Crippen LogP contribution in [0.1, 0.15) is 35.4 Å². The molecule has 0 fully saturated rings. The Morgan fingerprint density at radius 3 is 2.34 bits per heavy atom. The Balaban J connectivity index is 1.58. The van der Waals surface area contributed by atoms with Crippen molar-refractivity contribution in [2.45, 2.75) is 18.7 Å². The molecule has 0 N–H and O–H groups in total. The van der Waals surface area contributed by atoms with E-state index in [2.05, 4.69) is 29.3 Å². The normalized spacial score (nSPS) is 19.7. The molecule has 0 aromatic heterocycles. The first kappa shape index (κ1) is 17.6. The quantitative estimate of drug-likeness (QED) is 0.637. The molecule has 0 radical (unpaired) electrons. The molecule has 0 bridgehead atoms. The van der Waals surface area contributed by atoms with Gasteiger partial charge in [-0.25, -0.2) is 5.01 Å². The summed E-state index contributed by atoms with van der Waals surface area (Å²) in [6.45, 7) is 0. The summed E-state index contributed by atoms with van der Waals surface area (Å²) in [4.78, 5) is 0. The van der Waals surface area contributed by atoms with Crippen LogP contribution in [-0.4, -0.2) is 24.9 Å². The first-order valence-corrected chi connectivity index (χ1v) is 9.67. The standard InChI is InChI=1S/C24H22N2O3/c1-27-17-13-11-16(12-14-17)20-15-21-18-7-3-6-10-23(18)29-24(26(21)25-20)19-8-4-5-9-22(19)28-2/h3-14,21,24H,15H2,1-2H3/t21-,24+/m1/s1. The summed E-state index contributed by atoms with van der Waals surface area (Å²) in [7, 11) is 3.36. The van der Waals surface area contributed by atoms with Crippen LogP contribution < -0.4 is 14.2 Å². The van der Waals surface area contributed by atoms with Crippen molar-refractivity contribution < 1.29 is 14.2 Å². The summed E-state index contributed by atoms with van der Waals surface area (Å²) in [5, 5.41) is 7.07. The van der Waals surface area contributed by atoms with Gasteiger partial charge in [0.2, 0.25) is 6.23 Å². The Bertz CT molecular complexity index is 1060. The van der Waals surface area contributed by atoms with Crippen molar-refractivity contribution in [2.24, 2.45) is 5.10 Å². The number of nitrogens with zero attached hydrogens (tertiary/aromatic N) is 2. The molecule has 0 saturated carbocycles. The minimum absolute atomic E-state index is 0.118. The highest BCUT2D eigenvalue weighted by Gasteiger charge is 2.41. The molecule has 29 heavy (non-hydrogen) atoms. The zero-order valence-corrected chi connectivity index (χ0v) is 16.4. The van der Waals surface area contributed by atoms with Crippen LogP contribution in [0, 0.1) is 0 Å². The molecule has 0 saturated heterocycles. The van der Waals surface area contributed by atoms with E-state index < -0.39 is 0 Å². The van der Waals surface area contributed by atoms with Gasteiger partial charge in [0.1, 0.15) is 17.2 Å². The summed E-state index contributed by atoms with van der Waals surface area (Å²) >= 11 is 0. The number of rotatable bonds is 4. The molecule has 0 spiro atoms. The summed E-state index contributed by atoms with van der Waals surface area (Å²) in [6.07, 6.45) is 0.472. The number of hydrogen-bond acceptors (Lipinski definition) is 5. The lowest BCUT2D eigenvalue weighted by Crippen LogP contribution is -2.33. The van der Waals surface area contributed by atoms with E-state index in [4.69, 9.17) is 19.3 Å². The SMILES string of the molecule is COc1ccc(C2=NN3[C@H](C2)c2ccccc2O[C@H]3c2ccccc2OC)cc1. The molecular weight excluding hydrogens is 364 g/mol. The number of fused-ring (bicyclic) bond motifs is 3. The zero-order valence-electron chi connectivity index (χ0n) is 16.4. The monoisotopic (exact) mass is 386 g/mol. The van der Waals surface area contributed by atoms with Crippen LogP contribution in [0.2, 0.25) is 0 Å². The van der Waals surface area contributed by atoms with Crippen molar-refractivity contribution in [1.82, 2.24) is 5.01 Å². The predicted molar refractivity (Wildman–Crippen MR) is 112 cm³/mol. The number of hydrogen-bond donors (Lipinski definition) is 0. The molecular formula is C24H22N2O3. The van der Waals surface area contributed by atoms with Crippen molar-refractivity contribution in [3.8, 4) is 17.2 Å². The predicted octanol–water partition coefficient (Wildman–Crippen LogP) is 4.95. The molecule has 3 aromatic carbocycles. The third-order valence-electron chi connectivity index (χ3n) is 5.53. The van der Waals surface area contributed by atoms with Gasteiger partial charge in [-0.05, 0) is 48.0 Å². The molecule has 2 atom stereocenters. The molecule has 5 nitrogen and oxygen atoms in total. The highest BCUT2D eigenvalue weighted by molar-refractivity contribution is 6.02. The molecule has 0 unspecified atom stereocenters. The maximum atomic E-state index is 6.41. The zero-order chi connectivity index (χ0) is 19.8. The van der Waals surface area contributed by atoms with E-state index >= 15 is 0 Å². The van der Waals surface area contributed by atoms with E-state index in [-0.39, 0.29) is 12.3 Å². The smallest absolute Gasteiger partial charge is 0.217 e. The third-order valence-corrected chi connectivity index (χ3v) is 5.53. The molecule has 146 valence electrons. The minimum Gasteiger partial charge on any atom is -0.497 e. The number of para-hydroxylation sites is 2. The van der Waals surface area contributed by atoms with Gasteiger partial charge in [0.25, 0.3) is 0 Å². The van der Waals surface area contributed by atoms with Gasteiger partial charge in [0, 0.05) is 12.0 Å². The first-order valence-electron chi connectivity index (χ1n) is 9.67. The number of hydrazone groups is 1. The maximum Gasteiger partial charge on any atom is 0.217 e. The topological polar surface area (TPSA) is 43.3 Å². The van der Waals surface area contributed by atoms with Crippen LogP contribution in [0.15, 0.2) is 77.9 Å². The fourth-order valence-electron chi connectivity index (χ4n) is 4.07. The van der Waals surface area contributed by atoms with Gasteiger partial charge < -0.3 is 14.2 Å². The van der Waals surface area contributed by atoms with Crippen LogP contribution in [0.25, 0.3) is 0 Å². The third kappa shape index (κ3) is 2.99. The lowest BCUT2D eigenvalue weighted by Gasteiger charge is -2.38. The van der Waals surface area contributed by atoms with Gasteiger partial charge in [-0.2, -0.15) is 5.10 Å². The largest absolute Gasteiger partial charge is 0.497 e. The summed E-state index contributed by atoms with van der Waals surface area (Å²) in [5.41, 5.74) is 4.26. The second-order valence-corrected chi connectivity index (χ2v) is 7.13. The van der Waals surface area contributed by atoms with Gasteiger partial charge in [-0.15, -0.1) is 0 Å². The van der Waals surface area contributed by atoms with E-state index in [1.54, 1.807) is 14.2 Å². The summed E-state index contributed by atoms with van der Waals surface area (Å²) < 4.78 is 17.3. The molecule has 2 heterocycles. The van der Waals surface area contributed by atoms with Gasteiger partial charge in [-0.1, -0.05) is 30.3 Å². The number of ether oxygens (including phenoxy) is 3. The fourth-order valence-corrected chi connectivity index (χ4v) is 4.07. The average molecular weight is 386 g/mol. The molecule has 2 aliphatic rings. The highest BCUT2D eigenvalue weighted by atomic mass is 16.5. The molecule has 5 rings (SSSR count). The maximum absolute atomic E-state index is 6.41. The van der Waals surface area contributed by atoms with Crippen molar-refractivity contribution in [3.63, 3.8) is 0 Å². The van der Waals surface area contributed by atoms with Gasteiger partial charge in [0.15, 0.2) is 0 Å². The lowest BCUT2D eigenvalue weighted by atomic mass is 9.96. The van der Waals surface area contributed by atoms with E-state index in [1.807, 2.05) is 48.5 Å². The second kappa shape index (κ2) is 7.17. The second-order valence-electron chi connectivity index (χ2n) is 7.13. The first-order chi connectivity index (χ1) is 14.3. The Kier molecular flexibility index (Phi) is 4.35. The Labute approximate surface area is 170 Å².